The van der Waals surface area contributed by atoms with Crippen molar-refractivity contribution in [3.8, 4) is 5.75 Å². The fourth-order valence-corrected chi connectivity index (χ4v) is 0.587. The molecule has 0 atom stereocenters. The highest BCUT2D eigenvalue weighted by Crippen LogP contribution is 2.10. The van der Waals surface area contributed by atoms with Crippen molar-refractivity contribution in [1.82, 2.24) is 10.2 Å². The Hall–Kier alpha value is -0.540. The van der Waals surface area contributed by atoms with Crippen LogP contribution < -0.4 is 4.74 Å². The molecular formula is C5H6Cl2N2O. The molecule has 0 bridgehead atoms. The van der Waals surface area contributed by atoms with Crippen molar-refractivity contribution in [2.45, 2.75) is 0 Å². The molecule has 0 fully saturated rings. The van der Waals surface area contributed by atoms with Crippen LogP contribution in [-0.2, 0) is 0 Å². The van der Waals surface area contributed by atoms with Gasteiger partial charge in [-0.2, -0.15) is 5.10 Å². The summed E-state index contributed by atoms with van der Waals surface area (Å²) < 4.78 is 4.81. The van der Waals surface area contributed by atoms with Gasteiger partial charge in [0, 0.05) is 6.07 Å². The lowest BCUT2D eigenvalue weighted by Gasteiger charge is -1.94. The van der Waals surface area contributed by atoms with E-state index in [9.17, 15) is 0 Å². The van der Waals surface area contributed by atoms with Crippen LogP contribution in [0, 0.1) is 0 Å². The van der Waals surface area contributed by atoms with Crippen LogP contribution in [0.4, 0.5) is 0 Å². The summed E-state index contributed by atoms with van der Waals surface area (Å²) in [4.78, 5) is 0. The average molecular weight is 181 g/mol. The van der Waals surface area contributed by atoms with Crippen molar-refractivity contribution in [1.29, 1.82) is 0 Å². The van der Waals surface area contributed by atoms with Gasteiger partial charge in [-0.3, -0.25) is 0 Å². The zero-order chi connectivity index (χ0) is 6.69. The molecule has 1 heterocycles. The van der Waals surface area contributed by atoms with Gasteiger partial charge in [-0.15, -0.1) is 17.5 Å². The summed E-state index contributed by atoms with van der Waals surface area (Å²) in [5.74, 6) is 0.620. The van der Waals surface area contributed by atoms with E-state index in [1.807, 2.05) is 0 Å². The Bertz CT molecular complexity index is 207. The van der Waals surface area contributed by atoms with Crippen LogP contribution in [0.3, 0.4) is 0 Å². The molecule has 1 rings (SSSR count). The Morgan fingerprint density at radius 1 is 1.60 bits per heavy atom. The molecule has 0 aliphatic rings. The van der Waals surface area contributed by atoms with Gasteiger partial charge in [0.1, 0.15) is 5.75 Å². The second kappa shape index (κ2) is 4.30. The molecule has 10 heavy (non-hydrogen) atoms. The van der Waals surface area contributed by atoms with E-state index in [0.29, 0.717) is 10.9 Å². The summed E-state index contributed by atoms with van der Waals surface area (Å²) in [5.41, 5.74) is 0. The topological polar surface area (TPSA) is 35.0 Å². The van der Waals surface area contributed by atoms with Crippen molar-refractivity contribution >= 4 is 24.0 Å². The Balaban J connectivity index is 0.000000810. The Labute approximate surface area is 69.8 Å². The van der Waals surface area contributed by atoms with Gasteiger partial charge in [0.15, 0.2) is 5.15 Å². The lowest BCUT2D eigenvalue weighted by molar-refractivity contribution is 0.411. The maximum atomic E-state index is 5.47. The average Bonchev–Trinajstić information content (AvgIpc) is 1.88. The van der Waals surface area contributed by atoms with Gasteiger partial charge in [-0.05, 0) is 0 Å². The SMILES string of the molecule is COc1cnnc(Cl)c1.Cl. The zero-order valence-electron chi connectivity index (χ0n) is 5.24. The molecule has 0 N–H and O–H groups in total. The van der Waals surface area contributed by atoms with E-state index >= 15 is 0 Å². The van der Waals surface area contributed by atoms with Gasteiger partial charge >= 0.3 is 0 Å². The first-order chi connectivity index (χ1) is 4.33. The standard InChI is InChI=1S/C5H5ClN2O.ClH/c1-9-4-2-5(6)8-7-3-4;/h2-3H,1H3;1H. The highest BCUT2D eigenvalue weighted by Gasteiger charge is 1.91. The summed E-state index contributed by atoms with van der Waals surface area (Å²) in [7, 11) is 1.55. The number of halogens is 2. The van der Waals surface area contributed by atoms with Crippen molar-refractivity contribution < 1.29 is 4.74 Å². The van der Waals surface area contributed by atoms with Crippen molar-refractivity contribution in [3.05, 3.63) is 17.4 Å². The molecule has 1 aromatic rings. The number of rotatable bonds is 1. The molecule has 3 nitrogen and oxygen atoms in total. The van der Waals surface area contributed by atoms with E-state index in [1.54, 1.807) is 13.2 Å². The quantitative estimate of drug-likeness (QED) is 0.659. The second-order valence-corrected chi connectivity index (χ2v) is 1.81. The minimum absolute atomic E-state index is 0. The minimum atomic E-state index is 0. The van der Waals surface area contributed by atoms with Gasteiger partial charge < -0.3 is 4.74 Å². The maximum Gasteiger partial charge on any atom is 0.155 e. The van der Waals surface area contributed by atoms with E-state index in [2.05, 4.69) is 10.2 Å². The monoisotopic (exact) mass is 180 g/mol. The summed E-state index contributed by atoms with van der Waals surface area (Å²) in [6.07, 6.45) is 1.49. The molecule has 0 aliphatic heterocycles. The van der Waals surface area contributed by atoms with Gasteiger partial charge in [-0.1, -0.05) is 11.6 Å². The van der Waals surface area contributed by atoms with Crippen molar-refractivity contribution in [2.75, 3.05) is 7.11 Å². The molecule has 0 saturated carbocycles. The van der Waals surface area contributed by atoms with Crippen LogP contribution in [-0.4, -0.2) is 17.3 Å². The first-order valence-electron chi connectivity index (χ1n) is 2.35. The molecule has 1 aromatic heterocycles. The Morgan fingerprint density at radius 2 is 2.30 bits per heavy atom. The summed E-state index contributed by atoms with van der Waals surface area (Å²) >= 11 is 5.47. The molecular weight excluding hydrogens is 175 g/mol. The zero-order valence-corrected chi connectivity index (χ0v) is 6.82. The molecule has 0 aliphatic carbocycles. The molecule has 0 saturated heterocycles. The number of aromatic nitrogens is 2. The predicted octanol–water partition coefficient (Wildman–Crippen LogP) is 1.56. The lowest BCUT2D eigenvalue weighted by atomic mass is 10.5. The molecule has 56 valence electrons. The number of hydrogen-bond acceptors (Lipinski definition) is 3. The van der Waals surface area contributed by atoms with Gasteiger partial charge in [0.25, 0.3) is 0 Å². The third kappa shape index (κ3) is 2.37. The fourth-order valence-electron chi connectivity index (χ4n) is 0.436. The van der Waals surface area contributed by atoms with E-state index in [4.69, 9.17) is 16.3 Å². The number of methoxy groups -OCH3 is 1. The summed E-state index contributed by atoms with van der Waals surface area (Å²) in [6.45, 7) is 0. The molecule has 0 unspecified atom stereocenters. The molecule has 0 spiro atoms. The summed E-state index contributed by atoms with van der Waals surface area (Å²) in [6, 6.07) is 1.59. The van der Waals surface area contributed by atoms with E-state index in [1.165, 1.54) is 6.20 Å². The first kappa shape index (κ1) is 9.46. The van der Waals surface area contributed by atoms with Crippen molar-refractivity contribution in [2.24, 2.45) is 0 Å². The smallest absolute Gasteiger partial charge is 0.155 e. The number of hydrogen-bond donors (Lipinski definition) is 0. The van der Waals surface area contributed by atoms with Crippen LogP contribution >= 0.6 is 24.0 Å². The third-order valence-electron chi connectivity index (χ3n) is 0.835. The van der Waals surface area contributed by atoms with E-state index in [-0.39, 0.29) is 12.4 Å². The van der Waals surface area contributed by atoms with Crippen molar-refractivity contribution in [3.63, 3.8) is 0 Å². The van der Waals surface area contributed by atoms with Gasteiger partial charge in [-0.25, -0.2) is 0 Å². The lowest BCUT2D eigenvalue weighted by Crippen LogP contribution is -1.85. The maximum absolute atomic E-state index is 5.47. The van der Waals surface area contributed by atoms with Crippen LogP contribution in [0.15, 0.2) is 12.3 Å². The highest BCUT2D eigenvalue weighted by molar-refractivity contribution is 6.29. The molecule has 0 radical (unpaired) electrons. The Kier molecular flexibility index (Phi) is 4.07. The largest absolute Gasteiger partial charge is 0.495 e. The normalized spacial score (nSPS) is 8.20. The van der Waals surface area contributed by atoms with Crippen LogP contribution in [0.5, 0.6) is 5.75 Å². The second-order valence-electron chi connectivity index (χ2n) is 1.42. The first-order valence-corrected chi connectivity index (χ1v) is 2.73. The van der Waals surface area contributed by atoms with Gasteiger partial charge in [0.05, 0.1) is 13.3 Å². The molecule has 0 aromatic carbocycles. The summed E-state index contributed by atoms with van der Waals surface area (Å²) in [5, 5.41) is 7.41. The number of ether oxygens (including phenoxy) is 1. The minimum Gasteiger partial charge on any atom is -0.495 e. The van der Waals surface area contributed by atoms with Crippen LogP contribution in [0.25, 0.3) is 0 Å². The third-order valence-corrected chi connectivity index (χ3v) is 1.02. The molecule has 0 amide bonds. The van der Waals surface area contributed by atoms with Crippen LogP contribution in [0.1, 0.15) is 0 Å². The van der Waals surface area contributed by atoms with E-state index < -0.39 is 0 Å². The highest BCUT2D eigenvalue weighted by atomic mass is 35.5. The fraction of sp³-hybridized carbons (Fsp3) is 0.200. The predicted molar refractivity (Wildman–Crippen MR) is 40.8 cm³/mol. The van der Waals surface area contributed by atoms with E-state index in [0.717, 1.165) is 0 Å². The van der Waals surface area contributed by atoms with Gasteiger partial charge in [0.2, 0.25) is 0 Å². The number of nitrogens with zero attached hydrogens (tertiary/aromatic N) is 2. The van der Waals surface area contributed by atoms with Crippen LogP contribution in [0.2, 0.25) is 5.15 Å². The molecule has 5 heteroatoms. The Morgan fingerprint density at radius 3 is 2.70 bits per heavy atom.